The van der Waals surface area contributed by atoms with Gasteiger partial charge in [0.2, 0.25) is 5.91 Å². The molecule has 1 aliphatic carbocycles. The van der Waals surface area contributed by atoms with Crippen molar-refractivity contribution in [2.45, 2.75) is 39.5 Å². The number of rotatable bonds is 4. The van der Waals surface area contributed by atoms with E-state index in [2.05, 4.69) is 0 Å². The second kappa shape index (κ2) is 8.39. The number of ether oxygens (including phenoxy) is 1. The van der Waals surface area contributed by atoms with Crippen molar-refractivity contribution < 1.29 is 19.4 Å². The fourth-order valence-electron chi connectivity index (χ4n) is 3.40. The predicted octanol–water partition coefficient (Wildman–Crippen LogP) is 2.02. The number of fused-ring (bicyclic) bond motifs is 1. The lowest BCUT2D eigenvalue weighted by Crippen LogP contribution is -2.37. The maximum Gasteiger partial charge on any atom is 0.252 e. The van der Waals surface area contributed by atoms with Crippen LogP contribution in [0.4, 0.5) is 0 Å². The van der Waals surface area contributed by atoms with Gasteiger partial charge in [-0.05, 0) is 31.0 Å². The van der Waals surface area contributed by atoms with Gasteiger partial charge < -0.3 is 19.6 Å². The first-order chi connectivity index (χ1) is 13.0. The second-order valence-electron chi connectivity index (χ2n) is 6.85. The van der Waals surface area contributed by atoms with Crippen molar-refractivity contribution in [3.8, 4) is 5.75 Å². The highest BCUT2D eigenvalue weighted by molar-refractivity contribution is 5.95. The molecule has 1 N–H and O–H groups in total. The van der Waals surface area contributed by atoms with E-state index in [1.165, 1.54) is 0 Å². The first-order valence-electron chi connectivity index (χ1n) is 9.33. The first kappa shape index (κ1) is 19.2. The SMILES string of the molecule is CCN(Cc1ccc2c(c1)CN(C(=O)C1=CC=CCC1O)CCO2)C(C)=O. The van der Waals surface area contributed by atoms with Gasteiger partial charge in [0.1, 0.15) is 12.4 Å². The lowest BCUT2D eigenvalue weighted by Gasteiger charge is -2.24. The highest BCUT2D eigenvalue weighted by Gasteiger charge is 2.27. The number of amides is 2. The van der Waals surface area contributed by atoms with Gasteiger partial charge >= 0.3 is 0 Å². The summed E-state index contributed by atoms with van der Waals surface area (Å²) < 4.78 is 5.81. The Kier molecular flexibility index (Phi) is 5.96. The second-order valence-corrected chi connectivity index (χ2v) is 6.85. The fraction of sp³-hybridized carbons (Fsp3) is 0.429. The molecule has 2 amide bonds. The minimum atomic E-state index is -0.758. The van der Waals surface area contributed by atoms with Gasteiger partial charge in [0.25, 0.3) is 5.91 Å². The van der Waals surface area contributed by atoms with Gasteiger partial charge in [-0.2, -0.15) is 0 Å². The van der Waals surface area contributed by atoms with Crippen molar-refractivity contribution in [2.24, 2.45) is 0 Å². The van der Waals surface area contributed by atoms with Gasteiger partial charge in [-0.1, -0.05) is 24.3 Å². The van der Waals surface area contributed by atoms with E-state index < -0.39 is 6.10 Å². The van der Waals surface area contributed by atoms with Crippen molar-refractivity contribution in [3.05, 3.63) is 53.1 Å². The highest BCUT2D eigenvalue weighted by Crippen LogP contribution is 2.26. The van der Waals surface area contributed by atoms with E-state index in [0.717, 1.165) is 16.9 Å². The van der Waals surface area contributed by atoms with Crippen LogP contribution < -0.4 is 4.74 Å². The Morgan fingerprint density at radius 3 is 2.89 bits per heavy atom. The molecule has 6 nitrogen and oxygen atoms in total. The van der Waals surface area contributed by atoms with Crippen LogP contribution >= 0.6 is 0 Å². The van der Waals surface area contributed by atoms with Gasteiger partial charge in [0, 0.05) is 37.7 Å². The number of hydrogen-bond donors (Lipinski definition) is 1. The van der Waals surface area contributed by atoms with Crippen molar-refractivity contribution in [2.75, 3.05) is 19.7 Å². The van der Waals surface area contributed by atoms with Crippen LogP contribution in [0.3, 0.4) is 0 Å². The molecule has 1 aromatic carbocycles. The molecule has 144 valence electrons. The molecule has 2 aliphatic rings. The topological polar surface area (TPSA) is 70.1 Å². The Bertz CT molecular complexity index is 784. The van der Waals surface area contributed by atoms with Crippen LogP contribution in [-0.4, -0.2) is 52.5 Å². The number of hydrogen-bond acceptors (Lipinski definition) is 4. The van der Waals surface area contributed by atoms with E-state index in [9.17, 15) is 14.7 Å². The zero-order valence-electron chi connectivity index (χ0n) is 15.9. The molecule has 1 aromatic rings. The van der Waals surface area contributed by atoms with Gasteiger partial charge in [-0.25, -0.2) is 0 Å². The minimum absolute atomic E-state index is 0.0341. The summed E-state index contributed by atoms with van der Waals surface area (Å²) in [5.41, 5.74) is 2.34. The predicted molar refractivity (Wildman–Crippen MR) is 102 cm³/mol. The molecule has 1 unspecified atom stereocenters. The molecule has 6 heteroatoms. The highest BCUT2D eigenvalue weighted by atomic mass is 16.5. The quantitative estimate of drug-likeness (QED) is 0.880. The number of aliphatic hydroxyl groups is 1. The Balaban J connectivity index is 1.80. The summed E-state index contributed by atoms with van der Waals surface area (Å²) in [6, 6.07) is 5.86. The van der Waals surface area contributed by atoms with Crippen molar-refractivity contribution in [1.29, 1.82) is 0 Å². The molecular weight excluding hydrogens is 344 g/mol. The Hall–Kier alpha value is -2.60. The summed E-state index contributed by atoms with van der Waals surface area (Å²) in [7, 11) is 0. The number of carbonyl (C=O) groups excluding carboxylic acids is 2. The molecule has 0 saturated carbocycles. The van der Waals surface area contributed by atoms with Crippen molar-refractivity contribution >= 4 is 11.8 Å². The van der Waals surface area contributed by atoms with Crippen molar-refractivity contribution in [3.63, 3.8) is 0 Å². The molecule has 0 bridgehead atoms. The van der Waals surface area contributed by atoms with E-state index >= 15 is 0 Å². The molecule has 0 fully saturated rings. The van der Waals surface area contributed by atoms with Gasteiger partial charge in [-0.3, -0.25) is 9.59 Å². The maximum absolute atomic E-state index is 12.9. The third kappa shape index (κ3) is 4.39. The molecule has 0 saturated heterocycles. The van der Waals surface area contributed by atoms with Gasteiger partial charge in [0.05, 0.1) is 12.6 Å². The molecular formula is C21H26N2O4. The molecule has 0 radical (unpaired) electrons. The van der Waals surface area contributed by atoms with Crippen LogP contribution in [0.15, 0.2) is 42.0 Å². The maximum atomic E-state index is 12.9. The van der Waals surface area contributed by atoms with Crippen LogP contribution in [0.25, 0.3) is 0 Å². The van der Waals surface area contributed by atoms with E-state index in [1.54, 1.807) is 28.9 Å². The molecule has 3 rings (SSSR count). The Morgan fingerprint density at radius 2 is 2.19 bits per heavy atom. The summed E-state index contributed by atoms with van der Waals surface area (Å²) in [5, 5.41) is 10.1. The summed E-state index contributed by atoms with van der Waals surface area (Å²) in [6.07, 6.45) is 5.04. The van der Waals surface area contributed by atoms with Gasteiger partial charge in [-0.15, -0.1) is 0 Å². The van der Waals surface area contributed by atoms with E-state index in [4.69, 9.17) is 4.74 Å². The number of nitrogens with zero attached hydrogens (tertiary/aromatic N) is 2. The number of benzene rings is 1. The van der Waals surface area contributed by atoms with Crippen LogP contribution in [0.1, 0.15) is 31.4 Å². The molecule has 1 aliphatic heterocycles. The molecule has 1 atom stereocenters. The number of carbonyl (C=O) groups is 2. The average Bonchev–Trinajstić information content (AvgIpc) is 2.87. The summed E-state index contributed by atoms with van der Waals surface area (Å²) in [5.74, 6) is 0.636. The largest absolute Gasteiger partial charge is 0.491 e. The van der Waals surface area contributed by atoms with Crippen LogP contribution in [-0.2, 0) is 22.7 Å². The van der Waals surface area contributed by atoms with Crippen LogP contribution in [0.2, 0.25) is 0 Å². The summed E-state index contributed by atoms with van der Waals surface area (Å²) >= 11 is 0. The summed E-state index contributed by atoms with van der Waals surface area (Å²) in [4.78, 5) is 28.0. The monoisotopic (exact) mass is 370 g/mol. The third-order valence-corrected chi connectivity index (χ3v) is 4.97. The zero-order valence-corrected chi connectivity index (χ0v) is 15.9. The average molecular weight is 370 g/mol. The van der Waals surface area contributed by atoms with E-state index in [1.807, 2.05) is 31.2 Å². The molecule has 27 heavy (non-hydrogen) atoms. The third-order valence-electron chi connectivity index (χ3n) is 4.97. The Labute approximate surface area is 159 Å². The molecule has 0 spiro atoms. The lowest BCUT2D eigenvalue weighted by atomic mass is 10.00. The zero-order chi connectivity index (χ0) is 19.4. The normalized spacial score (nSPS) is 18.9. The van der Waals surface area contributed by atoms with Crippen molar-refractivity contribution in [1.82, 2.24) is 9.80 Å². The number of aliphatic hydroxyl groups excluding tert-OH is 1. The smallest absolute Gasteiger partial charge is 0.252 e. The molecule has 1 heterocycles. The standard InChI is InChI=1S/C21H26N2O4/c1-3-22(15(2)24)13-16-8-9-20-17(12-16)14-23(10-11-27-20)21(26)18-6-4-5-7-19(18)25/h4-6,8-9,12,19,25H,3,7,10-11,13-14H2,1-2H3. The Morgan fingerprint density at radius 1 is 1.37 bits per heavy atom. The van der Waals surface area contributed by atoms with Crippen LogP contribution in [0, 0.1) is 0 Å². The number of allylic oxidation sites excluding steroid dienone is 2. The molecule has 0 aromatic heterocycles. The lowest BCUT2D eigenvalue weighted by molar-refractivity contribution is -0.129. The van der Waals surface area contributed by atoms with Gasteiger partial charge in [0.15, 0.2) is 0 Å². The van der Waals surface area contributed by atoms with E-state index in [0.29, 0.717) is 44.8 Å². The first-order valence-corrected chi connectivity index (χ1v) is 9.33. The fourth-order valence-corrected chi connectivity index (χ4v) is 3.40. The summed E-state index contributed by atoms with van der Waals surface area (Å²) in [6.45, 7) is 5.98. The van der Waals surface area contributed by atoms with E-state index in [-0.39, 0.29) is 11.8 Å². The minimum Gasteiger partial charge on any atom is -0.491 e. The van der Waals surface area contributed by atoms with Crippen LogP contribution in [0.5, 0.6) is 5.75 Å².